The van der Waals surface area contributed by atoms with Crippen molar-refractivity contribution in [3.8, 4) is 0 Å². The number of hydrogen-bond acceptors (Lipinski definition) is 6. The van der Waals surface area contributed by atoms with Crippen LogP contribution in [-0.2, 0) is 16.1 Å². The lowest BCUT2D eigenvalue weighted by molar-refractivity contribution is -0.139. The molecule has 134 valence electrons. The molecule has 8 nitrogen and oxygen atoms in total. The molecule has 1 aliphatic heterocycles. The van der Waals surface area contributed by atoms with E-state index in [9.17, 15) is 4.79 Å². The van der Waals surface area contributed by atoms with Crippen LogP contribution in [0.25, 0.3) is 0 Å². The van der Waals surface area contributed by atoms with Crippen LogP contribution in [0.1, 0.15) is 24.6 Å². The van der Waals surface area contributed by atoms with E-state index in [1.807, 2.05) is 40.8 Å². The molecule has 0 aromatic carbocycles. The summed E-state index contributed by atoms with van der Waals surface area (Å²) in [5, 5.41) is 4.16. The lowest BCUT2D eigenvalue weighted by Gasteiger charge is -2.33. The van der Waals surface area contributed by atoms with Crippen molar-refractivity contribution >= 4 is 11.7 Å². The SMILES string of the molecule is CN(C)c1nccnc1[C@H]1CN(C(=O)CCCn2cccn2)CCO1. The lowest BCUT2D eigenvalue weighted by atomic mass is 10.1. The van der Waals surface area contributed by atoms with Gasteiger partial charge in [-0.1, -0.05) is 0 Å². The summed E-state index contributed by atoms with van der Waals surface area (Å²) in [5.74, 6) is 0.927. The molecule has 0 spiro atoms. The van der Waals surface area contributed by atoms with E-state index in [-0.39, 0.29) is 12.0 Å². The van der Waals surface area contributed by atoms with Crippen LogP contribution < -0.4 is 4.90 Å². The third-order valence-corrected chi connectivity index (χ3v) is 4.19. The average molecular weight is 344 g/mol. The summed E-state index contributed by atoms with van der Waals surface area (Å²) in [7, 11) is 3.85. The number of aromatic nitrogens is 4. The van der Waals surface area contributed by atoms with Crippen LogP contribution in [0.2, 0.25) is 0 Å². The number of rotatable bonds is 6. The Kier molecular flexibility index (Phi) is 5.60. The number of carbonyl (C=O) groups excluding carboxylic acids is 1. The van der Waals surface area contributed by atoms with Gasteiger partial charge in [-0.15, -0.1) is 0 Å². The highest BCUT2D eigenvalue weighted by Gasteiger charge is 2.28. The van der Waals surface area contributed by atoms with Gasteiger partial charge in [0.2, 0.25) is 5.91 Å². The Morgan fingerprint density at radius 3 is 2.92 bits per heavy atom. The van der Waals surface area contributed by atoms with Gasteiger partial charge in [0, 0.05) is 58.4 Å². The van der Waals surface area contributed by atoms with Gasteiger partial charge < -0.3 is 14.5 Å². The molecule has 0 bridgehead atoms. The molecule has 1 fully saturated rings. The van der Waals surface area contributed by atoms with Gasteiger partial charge in [0.1, 0.15) is 11.8 Å². The van der Waals surface area contributed by atoms with Crippen molar-refractivity contribution in [3.63, 3.8) is 0 Å². The van der Waals surface area contributed by atoms with E-state index in [2.05, 4.69) is 15.1 Å². The Morgan fingerprint density at radius 1 is 1.32 bits per heavy atom. The minimum Gasteiger partial charge on any atom is -0.368 e. The zero-order valence-electron chi connectivity index (χ0n) is 14.7. The van der Waals surface area contributed by atoms with Crippen LogP contribution in [-0.4, -0.2) is 64.3 Å². The predicted octanol–water partition coefficient (Wildman–Crippen LogP) is 1.12. The molecule has 0 saturated carbocycles. The van der Waals surface area contributed by atoms with Crippen LogP contribution in [0.5, 0.6) is 0 Å². The quantitative estimate of drug-likeness (QED) is 0.782. The summed E-state index contributed by atoms with van der Waals surface area (Å²) in [4.78, 5) is 25.1. The minimum atomic E-state index is -0.241. The maximum absolute atomic E-state index is 12.5. The Morgan fingerprint density at radius 2 is 2.16 bits per heavy atom. The molecule has 3 heterocycles. The third-order valence-electron chi connectivity index (χ3n) is 4.19. The van der Waals surface area contributed by atoms with Crippen molar-refractivity contribution in [3.05, 3.63) is 36.5 Å². The molecule has 0 unspecified atom stereocenters. The van der Waals surface area contributed by atoms with Crippen LogP contribution >= 0.6 is 0 Å². The Hall–Kier alpha value is -2.48. The molecule has 0 N–H and O–H groups in total. The van der Waals surface area contributed by atoms with Crippen molar-refractivity contribution in [1.82, 2.24) is 24.6 Å². The molecular formula is C17H24N6O2. The second-order valence-electron chi connectivity index (χ2n) is 6.23. The van der Waals surface area contributed by atoms with Gasteiger partial charge in [-0.05, 0) is 12.5 Å². The van der Waals surface area contributed by atoms with Gasteiger partial charge >= 0.3 is 0 Å². The summed E-state index contributed by atoms with van der Waals surface area (Å²) in [6, 6.07) is 1.89. The zero-order valence-corrected chi connectivity index (χ0v) is 14.7. The molecule has 1 amide bonds. The minimum absolute atomic E-state index is 0.149. The molecule has 0 radical (unpaired) electrons. The first-order valence-electron chi connectivity index (χ1n) is 8.50. The number of amides is 1. The number of anilines is 1. The largest absolute Gasteiger partial charge is 0.368 e. The third kappa shape index (κ3) is 4.33. The summed E-state index contributed by atoms with van der Waals surface area (Å²) in [5.41, 5.74) is 0.779. The van der Waals surface area contributed by atoms with Gasteiger partial charge in [-0.25, -0.2) is 4.98 Å². The first kappa shape index (κ1) is 17.3. The van der Waals surface area contributed by atoms with Gasteiger partial charge in [-0.2, -0.15) is 5.10 Å². The Bertz CT molecular complexity index is 688. The molecule has 2 aromatic rings. The normalized spacial score (nSPS) is 17.5. The highest BCUT2D eigenvalue weighted by Crippen LogP contribution is 2.26. The second kappa shape index (κ2) is 8.06. The number of hydrogen-bond donors (Lipinski definition) is 0. The van der Waals surface area contributed by atoms with Crippen LogP contribution in [0, 0.1) is 0 Å². The van der Waals surface area contributed by atoms with E-state index < -0.39 is 0 Å². The molecule has 1 aliphatic rings. The molecular weight excluding hydrogens is 320 g/mol. The van der Waals surface area contributed by atoms with E-state index in [1.165, 1.54) is 0 Å². The lowest BCUT2D eigenvalue weighted by Crippen LogP contribution is -2.42. The predicted molar refractivity (Wildman–Crippen MR) is 93.1 cm³/mol. The molecule has 0 aliphatic carbocycles. The first-order valence-corrected chi connectivity index (χ1v) is 8.50. The van der Waals surface area contributed by atoms with E-state index in [4.69, 9.17) is 4.74 Å². The number of nitrogens with zero attached hydrogens (tertiary/aromatic N) is 6. The smallest absolute Gasteiger partial charge is 0.222 e. The van der Waals surface area contributed by atoms with Gasteiger partial charge in [-0.3, -0.25) is 14.5 Å². The fraction of sp³-hybridized carbons (Fsp3) is 0.529. The maximum Gasteiger partial charge on any atom is 0.222 e. The highest BCUT2D eigenvalue weighted by molar-refractivity contribution is 5.76. The first-order chi connectivity index (χ1) is 12.1. The topological polar surface area (TPSA) is 76.4 Å². The van der Waals surface area contributed by atoms with Crippen LogP contribution in [0.4, 0.5) is 5.82 Å². The van der Waals surface area contributed by atoms with Crippen LogP contribution in [0.15, 0.2) is 30.9 Å². The fourth-order valence-corrected chi connectivity index (χ4v) is 2.94. The number of carbonyl (C=O) groups is 1. The molecule has 1 atom stereocenters. The highest BCUT2D eigenvalue weighted by atomic mass is 16.5. The van der Waals surface area contributed by atoms with Crippen molar-refractivity contribution in [2.75, 3.05) is 38.7 Å². The molecule has 1 saturated heterocycles. The van der Waals surface area contributed by atoms with Gasteiger partial charge in [0.15, 0.2) is 5.82 Å². The fourth-order valence-electron chi connectivity index (χ4n) is 2.94. The maximum atomic E-state index is 12.5. The summed E-state index contributed by atoms with van der Waals surface area (Å²) >= 11 is 0. The Balaban J connectivity index is 1.58. The van der Waals surface area contributed by atoms with E-state index in [0.29, 0.717) is 26.1 Å². The molecule has 8 heteroatoms. The van der Waals surface area contributed by atoms with Crippen molar-refractivity contribution < 1.29 is 9.53 Å². The van der Waals surface area contributed by atoms with Crippen LogP contribution in [0.3, 0.4) is 0 Å². The van der Waals surface area contributed by atoms with Gasteiger partial charge in [0.25, 0.3) is 0 Å². The van der Waals surface area contributed by atoms with Crippen molar-refractivity contribution in [1.29, 1.82) is 0 Å². The molecule has 2 aromatic heterocycles. The van der Waals surface area contributed by atoms with E-state index in [0.717, 1.165) is 24.5 Å². The standard InChI is InChI=1S/C17H24N6O2/c1-21(2)17-16(18-7-8-19-17)14-13-22(11-12-25-14)15(24)5-3-9-23-10-4-6-20-23/h4,6-8,10,14H,3,5,9,11-13H2,1-2H3/t14-/m1/s1. The van der Waals surface area contributed by atoms with E-state index >= 15 is 0 Å². The molecule has 3 rings (SSSR count). The number of morpholine rings is 1. The summed E-state index contributed by atoms with van der Waals surface area (Å²) < 4.78 is 7.71. The number of aryl methyl sites for hydroxylation is 1. The average Bonchev–Trinajstić information content (AvgIpc) is 3.15. The summed E-state index contributed by atoms with van der Waals surface area (Å²) in [6.07, 6.45) is 8.03. The van der Waals surface area contributed by atoms with E-state index in [1.54, 1.807) is 18.6 Å². The second-order valence-corrected chi connectivity index (χ2v) is 6.23. The summed E-state index contributed by atoms with van der Waals surface area (Å²) in [6.45, 7) is 2.40. The monoisotopic (exact) mass is 344 g/mol. The zero-order chi connectivity index (χ0) is 17.6. The number of ether oxygens (including phenoxy) is 1. The molecule has 25 heavy (non-hydrogen) atoms. The van der Waals surface area contributed by atoms with Gasteiger partial charge in [0.05, 0.1) is 13.2 Å². The van der Waals surface area contributed by atoms with Crippen molar-refractivity contribution in [2.24, 2.45) is 0 Å². The van der Waals surface area contributed by atoms with Crippen molar-refractivity contribution in [2.45, 2.75) is 25.5 Å². The Labute approximate surface area is 147 Å².